The molecule has 0 unspecified atom stereocenters. The Balaban J connectivity index is 0.000000280. The van der Waals surface area contributed by atoms with E-state index in [0.29, 0.717) is 0 Å². The van der Waals surface area contributed by atoms with E-state index in [1.54, 1.807) is 0 Å². The number of carbonyl (C=O) groups is 1. The molecule has 0 aliphatic carbocycles. The van der Waals surface area contributed by atoms with Gasteiger partial charge < -0.3 is 10.4 Å². The normalized spacial score (nSPS) is 8.67. The van der Waals surface area contributed by atoms with E-state index in [-0.39, 0.29) is 0 Å². The molecule has 0 aliphatic heterocycles. The Morgan fingerprint density at radius 1 is 0.944 bits per heavy atom. The number of anilines is 2. The molecule has 0 radical (unpaired) electrons. The van der Waals surface area contributed by atoms with E-state index in [4.69, 9.17) is 5.11 Å². The van der Waals surface area contributed by atoms with Crippen molar-refractivity contribution in [2.75, 3.05) is 5.32 Å². The first-order chi connectivity index (χ1) is 8.72. The second kappa shape index (κ2) is 7.68. The molecule has 18 heavy (non-hydrogen) atoms. The largest absolute Gasteiger partial charge is 0.478 e. The van der Waals surface area contributed by atoms with Crippen molar-refractivity contribution in [3.8, 4) is 0 Å². The van der Waals surface area contributed by atoms with Crippen molar-refractivity contribution in [3.05, 3.63) is 73.3 Å². The van der Waals surface area contributed by atoms with Gasteiger partial charge in [-0.2, -0.15) is 0 Å². The fourth-order valence-electron chi connectivity index (χ4n) is 1.21. The highest BCUT2D eigenvalue weighted by Crippen LogP contribution is 2.14. The van der Waals surface area contributed by atoms with Gasteiger partial charge in [0.1, 0.15) is 0 Å². The summed E-state index contributed by atoms with van der Waals surface area (Å²) in [5.74, 6) is -0.981. The number of carboxylic acids is 1. The van der Waals surface area contributed by atoms with Crippen LogP contribution in [0.15, 0.2) is 73.3 Å². The Labute approximate surface area is 106 Å². The van der Waals surface area contributed by atoms with Crippen LogP contribution in [0.2, 0.25) is 0 Å². The smallest absolute Gasteiger partial charge is 0.327 e. The topological polar surface area (TPSA) is 49.3 Å². The molecule has 3 heteroatoms. The maximum atomic E-state index is 9.25. The van der Waals surface area contributed by atoms with Crippen LogP contribution in [0.4, 0.5) is 11.4 Å². The molecule has 0 aromatic heterocycles. The van der Waals surface area contributed by atoms with Crippen molar-refractivity contribution in [2.24, 2.45) is 0 Å². The van der Waals surface area contributed by atoms with Crippen molar-refractivity contribution in [2.45, 2.75) is 0 Å². The van der Waals surface area contributed by atoms with Gasteiger partial charge in [0.25, 0.3) is 0 Å². The van der Waals surface area contributed by atoms with Crippen molar-refractivity contribution in [3.63, 3.8) is 0 Å². The molecule has 0 heterocycles. The molecule has 0 saturated heterocycles. The molecule has 0 bridgehead atoms. The zero-order valence-corrected chi connectivity index (χ0v) is 9.91. The lowest BCUT2D eigenvalue weighted by atomic mass is 10.3. The Kier molecular flexibility index (Phi) is 5.77. The summed E-state index contributed by atoms with van der Waals surface area (Å²) in [7, 11) is 0. The fourth-order valence-corrected chi connectivity index (χ4v) is 1.21. The van der Waals surface area contributed by atoms with Crippen LogP contribution in [0.1, 0.15) is 0 Å². The molecule has 0 atom stereocenters. The molecule has 92 valence electrons. The first-order valence-corrected chi connectivity index (χ1v) is 5.45. The van der Waals surface area contributed by atoms with Crippen molar-refractivity contribution in [1.82, 2.24) is 0 Å². The monoisotopic (exact) mass is 241 g/mol. The Morgan fingerprint density at radius 3 is 1.56 bits per heavy atom. The number of rotatable bonds is 3. The Bertz CT molecular complexity index is 443. The highest BCUT2D eigenvalue weighted by atomic mass is 16.4. The number of para-hydroxylation sites is 2. The van der Waals surface area contributed by atoms with Crippen LogP contribution in [0.25, 0.3) is 0 Å². The van der Waals surface area contributed by atoms with Gasteiger partial charge in [-0.05, 0) is 24.3 Å². The summed E-state index contributed by atoms with van der Waals surface area (Å²) in [5, 5.41) is 10.9. The SMILES string of the molecule is C=CC(=O)O.c1ccc(Nc2ccccc2)cc1. The van der Waals surface area contributed by atoms with E-state index in [1.165, 1.54) is 0 Å². The standard InChI is InChI=1S/C12H11N.C3H4O2/c1-3-7-11(8-4-1)13-12-9-5-2-6-10-12;1-2-3(4)5/h1-10,13H;2H,1H2,(H,4,5). The number of benzene rings is 2. The molecule has 2 aromatic carbocycles. The zero-order valence-electron chi connectivity index (χ0n) is 9.91. The van der Waals surface area contributed by atoms with Crippen LogP contribution < -0.4 is 5.32 Å². The lowest BCUT2D eigenvalue weighted by Gasteiger charge is -2.04. The molecule has 0 aliphatic rings. The number of hydrogen-bond donors (Lipinski definition) is 2. The summed E-state index contributed by atoms with van der Waals surface area (Å²) in [6, 6.07) is 20.3. The summed E-state index contributed by atoms with van der Waals surface area (Å²) in [5.41, 5.74) is 2.24. The number of carboxylic acid groups (broad SMARTS) is 1. The summed E-state index contributed by atoms with van der Waals surface area (Å²) in [6.07, 6.45) is 0.833. The first kappa shape index (κ1) is 13.5. The van der Waals surface area contributed by atoms with Gasteiger partial charge in [0.05, 0.1) is 0 Å². The minimum atomic E-state index is -0.981. The van der Waals surface area contributed by atoms with Crippen LogP contribution in [-0.2, 0) is 4.79 Å². The summed E-state index contributed by atoms with van der Waals surface area (Å²) in [6.45, 7) is 2.96. The lowest BCUT2D eigenvalue weighted by molar-refractivity contribution is -0.131. The predicted molar refractivity (Wildman–Crippen MR) is 74.0 cm³/mol. The minimum Gasteiger partial charge on any atom is -0.478 e. The van der Waals surface area contributed by atoms with Gasteiger partial charge in [0.2, 0.25) is 0 Å². The molecule has 0 saturated carbocycles. The average Bonchev–Trinajstić information content (AvgIpc) is 2.42. The minimum absolute atomic E-state index is 0.833. The molecule has 2 rings (SSSR count). The number of aliphatic carboxylic acids is 1. The third kappa shape index (κ3) is 5.51. The first-order valence-electron chi connectivity index (χ1n) is 5.45. The van der Waals surface area contributed by atoms with E-state index >= 15 is 0 Å². The van der Waals surface area contributed by atoms with Gasteiger partial charge in [-0.15, -0.1) is 0 Å². The Hall–Kier alpha value is -2.55. The lowest BCUT2D eigenvalue weighted by Crippen LogP contribution is -1.87. The summed E-state index contributed by atoms with van der Waals surface area (Å²) in [4.78, 5) is 9.25. The maximum Gasteiger partial charge on any atom is 0.327 e. The molecule has 2 N–H and O–H groups in total. The van der Waals surface area contributed by atoms with E-state index < -0.39 is 5.97 Å². The summed E-state index contributed by atoms with van der Waals surface area (Å²) >= 11 is 0. The fraction of sp³-hybridized carbons (Fsp3) is 0. The quantitative estimate of drug-likeness (QED) is 0.806. The van der Waals surface area contributed by atoms with E-state index in [1.807, 2.05) is 60.7 Å². The van der Waals surface area contributed by atoms with E-state index in [0.717, 1.165) is 17.5 Å². The Morgan fingerprint density at radius 2 is 1.28 bits per heavy atom. The molecular formula is C15H15NO2. The van der Waals surface area contributed by atoms with Gasteiger partial charge >= 0.3 is 5.97 Å². The highest BCUT2D eigenvalue weighted by Gasteiger charge is 1.89. The molecule has 3 nitrogen and oxygen atoms in total. The number of hydrogen-bond acceptors (Lipinski definition) is 2. The molecule has 2 aromatic rings. The highest BCUT2D eigenvalue weighted by molar-refractivity contribution is 5.78. The van der Waals surface area contributed by atoms with Gasteiger partial charge in [-0.3, -0.25) is 0 Å². The number of nitrogens with one attached hydrogen (secondary N) is 1. The van der Waals surface area contributed by atoms with Crippen LogP contribution in [0.3, 0.4) is 0 Å². The van der Waals surface area contributed by atoms with Crippen LogP contribution in [0.5, 0.6) is 0 Å². The van der Waals surface area contributed by atoms with Crippen LogP contribution in [-0.4, -0.2) is 11.1 Å². The molecular weight excluding hydrogens is 226 g/mol. The predicted octanol–water partition coefficient (Wildman–Crippen LogP) is 3.69. The molecule has 0 spiro atoms. The van der Waals surface area contributed by atoms with E-state index in [2.05, 4.69) is 11.9 Å². The van der Waals surface area contributed by atoms with Crippen molar-refractivity contribution < 1.29 is 9.90 Å². The third-order valence-corrected chi connectivity index (χ3v) is 2.01. The second-order valence-electron chi connectivity index (χ2n) is 3.40. The zero-order chi connectivity index (χ0) is 13.2. The van der Waals surface area contributed by atoms with Crippen LogP contribution >= 0.6 is 0 Å². The average molecular weight is 241 g/mol. The van der Waals surface area contributed by atoms with Gasteiger partial charge in [-0.25, -0.2) is 4.79 Å². The molecule has 0 amide bonds. The third-order valence-electron chi connectivity index (χ3n) is 2.01. The van der Waals surface area contributed by atoms with Crippen molar-refractivity contribution >= 4 is 17.3 Å². The van der Waals surface area contributed by atoms with Gasteiger partial charge in [-0.1, -0.05) is 43.0 Å². The van der Waals surface area contributed by atoms with Crippen molar-refractivity contribution in [1.29, 1.82) is 0 Å². The molecule has 0 fully saturated rings. The van der Waals surface area contributed by atoms with Gasteiger partial charge in [0.15, 0.2) is 0 Å². The summed E-state index contributed by atoms with van der Waals surface area (Å²) < 4.78 is 0. The van der Waals surface area contributed by atoms with Gasteiger partial charge in [0, 0.05) is 17.5 Å². The maximum absolute atomic E-state index is 9.25. The van der Waals surface area contributed by atoms with Crippen LogP contribution in [0, 0.1) is 0 Å². The van der Waals surface area contributed by atoms with E-state index in [9.17, 15) is 4.79 Å². The second-order valence-corrected chi connectivity index (χ2v) is 3.40.